The summed E-state index contributed by atoms with van der Waals surface area (Å²) in [7, 11) is 0. The van der Waals surface area contributed by atoms with E-state index in [1.54, 1.807) is 6.92 Å². The minimum absolute atomic E-state index is 0. The molecule has 3 rings (SSSR count). The van der Waals surface area contributed by atoms with Crippen molar-refractivity contribution in [3.63, 3.8) is 0 Å². The van der Waals surface area contributed by atoms with Gasteiger partial charge in [0.05, 0.1) is 0 Å². The Hall–Kier alpha value is -2.69. The van der Waals surface area contributed by atoms with E-state index in [2.05, 4.69) is 10.6 Å². The largest absolute Gasteiger partial charge is 2.00 e. The summed E-state index contributed by atoms with van der Waals surface area (Å²) < 4.78 is 13.0. The maximum absolute atomic E-state index is 13.0. The molecule has 0 fully saturated rings. The summed E-state index contributed by atoms with van der Waals surface area (Å²) in [5.74, 6) is -1.26. The second-order valence-electron chi connectivity index (χ2n) is 5.68. The second-order valence-corrected chi connectivity index (χ2v) is 5.68. The number of carbonyl (C=O) groups excluding carboxylic acids is 2. The molecule has 2 N–H and O–H groups in total. The third kappa shape index (κ3) is 8.03. The van der Waals surface area contributed by atoms with Crippen molar-refractivity contribution >= 4 is 11.8 Å². The SMILES string of the molecule is CC(NC(=O)c1cccc(F)c1)C(=O)NCc1cc[cH-]c1.[Fe+2].c1cc[cH-]c1. The van der Waals surface area contributed by atoms with Gasteiger partial charge in [0.15, 0.2) is 0 Å². The topological polar surface area (TPSA) is 58.2 Å². The van der Waals surface area contributed by atoms with Gasteiger partial charge in [0.1, 0.15) is 11.9 Å². The maximum atomic E-state index is 13.0. The van der Waals surface area contributed by atoms with E-state index >= 15 is 0 Å². The Morgan fingerprint density at radius 2 is 1.81 bits per heavy atom. The molecule has 0 aliphatic rings. The van der Waals surface area contributed by atoms with Gasteiger partial charge in [-0.1, -0.05) is 6.07 Å². The fourth-order valence-electron chi connectivity index (χ4n) is 2.17. The van der Waals surface area contributed by atoms with Crippen LogP contribution in [0.5, 0.6) is 0 Å². The van der Waals surface area contributed by atoms with Crippen LogP contribution in [-0.4, -0.2) is 17.9 Å². The van der Waals surface area contributed by atoms with Gasteiger partial charge < -0.3 is 10.6 Å². The van der Waals surface area contributed by atoms with Crippen LogP contribution in [0.2, 0.25) is 0 Å². The van der Waals surface area contributed by atoms with Gasteiger partial charge in [-0.15, -0.1) is 0 Å². The minimum atomic E-state index is -0.698. The number of hydrogen-bond acceptors (Lipinski definition) is 2. The number of nitrogens with one attached hydrogen (secondary N) is 2. The zero-order valence-corrected chi connectivity index (χ0v) is 15.9. The number of carbonyl (C=O) groups is 2. The van der Waals surface area contributed by atoms with Gasteiger partial charge in [-0.25, -0.2) is 22.6 Å². The van der Waals surface area contributed by atoms with Crippen molar-refractivity contribution in [1.29, 1.82) is 0 Å². The van der Waals surface area contributed by atoms with Gasteiger partial charge in [0.2, 0.25) is 5.91 Å². The number of hydrogen-bond donors (Lipinski definition) is 2. The van der Waals surface area contributed by atoms with Crippen LogP contribution in [0.25, 0.3) is 0 Å². The molecule has 0 saturated heterocycles. The Morgan fingerprint density at radius 1 is 1.07 bits per heavy atom. The number of halogens is 1. The third-order valence-electron chi connectivity index (χ3n) is 3.58. The number of rotatable bonds is 5. The van der Waals surface area contributed by atoms with Crippen LogP contribution in [0.4, 0.5) is 4.39 Å². The molecule has 142 valence electrons. The minimum Gasteiger partial charge on any atom is -0.362 e. The molecule has 0 bridgehead atoms. The predicted octanol–water partition coefficient (Wildman–Crippen LogP) is 3.38. The molecule has 3 aromatic carbocycles. The van der Waals surface area contributed by atoms with Crippen molar-refractivity contribution in [2.24, 2.45) is 0 Å². The molecule has 0 aromatic heterocycles. The predicted molar refractivity (Wildman–Crippen MR) is 99.2 cm³/mol. The summed E-state index contributed by atoms with van der Waals surface area (Å²) in [6, 6.07) is 22.2. The Kier molecular flexibility index (Phi) is 9.80. The van der Waals surface area contributed by atoms with E-state index in [0.717, 1.165) is 11.6 Å². The van der Waals surface area contributed by atoms with Gasteiger partial charge in [-0.2, -0.15) is 42.0 Å². The molecule has 0 aliphatic heterocycles. The first-order valence-electron chi connectivity index (χ1n) is 8.27. The van der Waals surface area contributed by atoms with Crippen molar-refractivity contribution in [2.45, 2.75) is 19.5 Å². The van der Waals surface area contributed by atoms with Crippen molar-refractivity contribution in [2.75, 3.05) is 0 Å². The summed E-state index contributed by atoms with van der Waals surface area (Å²) in [6.07, 6.45) is 0. The first kappa shape index (κ1) is 22.4. The Labute approximate surface area is 169 Å². The van der Waals surface area contributed by atoms with Crippen LogP contribution >= 0.6 is 0 Å². The molecular formula is C21H21FFeN2O2. The molecule has 1 atom stereocenters. The molecule has 3 aromatic rings. The van der Waals surface area contributed by atoms with Crippen molar-refractivity contribution in [3.8, 4) is 0 Å². The van der Waals surface area contributed by atoms with Crippen LogP contribution in [0.3, 0.4) is 0 Å². The zero-order chi connectivity index (χ0) is 18.8. The van der Waals surface area contributed by atoms with E-state index in [9.17, 15) is 14.0 Å². The average molecular weight is 408 g/mol. The Balaban J connectivity index is 0.000000526. The molecular weight excluding hydrogens is 387 g/mol. The van der Waals surface area contributed by atoms with Crippen molar-refractivity contribution < 1.29 is 31.0 Å². The smallest absolute Gasteiger partial charge is 0.362 e. The first-order chi connectivity index (χ1) is 12.6. The number of amides is 2. The first-order valence-corrected chi connectivity index (χ1v) is 8.27. The van der Waals surface area contributed by atoms with Crippen molar-refractivity contribution in [3.05, 3.63) is 95.8 Å². The van der Waals surface area contributed by atoms with Gasteiger partial charge in [-0.3, -0.25) is 9.59 Å². The molecule has 0 heterocycles. The van der Waals surface area contributed by atoms with Gasteiger partial charge in [0, 0.05) is 5.56 Å². The summed E-state index contributed by atoms with van der Waals surface area (Å²) in [4.78, 5) is 23.8. The molecule has 0 radical (unpaired) electrons. The van der Waals surface area contributed by atoms with E-state index in [-0.39, 0.29) is 28.5 Å². The average Bonchev–Trinajstić information content (AvgIpc) is 3.35. The molecule has 1 unspecified atom stereocenters. The maximum Gasteiger partial charge on any atom is 2.00 e. The van der Waals surface area contributed by atoms with Crippen LogP contribution in [0, 0.1) is 5.82 Å². The van der Waals surface area contributed by atoms with Gasteiger partial charge >= 0.3 is 17.1 Å². The number of benzene rings is 1. The van der Waals surface area contributed by atoms with Crippen LogP contribution in [-0.2, 0) is 28.4 Å². The van der Waals surface area contributed by atoms with Crippen LogP contribution < -0.4 is 10.6 Å². The molecule has 6 heteroatoms. The third-order valence-corrected chi connectivity index (χ3v) is 3.58. The summed E-state index contributed by atoms with van der Waals surface area (Å²) >= 11 is 0. The standard InChI is InChI=1S/C16H16FN2O2.C5H5.Fe/c1-11(15(20)18-10-12-5-2-3-6-12)19-16(21)13-7-4-8-14(17)9-13;1-2-4-5-3-1;/h2-9,11H,10H2,1H3,(H,18,20)(H,19,21);1-5H;/q2*-1;+2. The van der Waals surface area contributed by atoms with E-state index in [0.29, 0.717) is 6.54 Å². The summed E-state index contributed by atoms with van der Waals surface area (Å²) in [5.41, 5.74) is 1.18. The van der Waals surface area contributed by atoms with E-state index in [1.807, 2.05) is 54.6 Å². The Bertz CT molecular complexity index is 784. The van der Waals surface area contributed by atoms with E-state index in [4.69, 9.17) is 0 Å². The monoisotopic (exact) mass is 408 g/mol. The zero-order valence-electron chi connectivity index (χ0n) is 14.8. The van der Waals surface area contributed by atoms with Gasteiger partial charge in [-0.05, 0) is 31.7 Å². The van der Waals surface area contributed by atoms with E-state index in [1.165, 1.54) is 18.2 Å². The quantitative estimate of drug-likeness (QED) is 0.503. The van der Waals surface area contributed by atoms with Crippen LogP contribution in [0.15, 0.2) is 78.9 Å². The molecule has 2 amide bonds. The van der Waals surface area contributed by atoms with E-state index < -0.39 is 17.8 Å². The molecule has 27 heavy (non-hydrogen) atoms. The van der Waals surface area contributed by atoms with Crippen molar-refractivity contribution in [1.82, 2.24) is 10.6 Å². The molecule has 0 aliphatic carbocycles. The summed E-state index contributed by atoms with van der Waals surface area (Å²) in [6.45, 7) is 1.99. The fraction of sp³-hybridized carbons (Fsp3) is 0.143. The second kappa shape index (κ2) is 11.8. The molecule has 0 spiro atoms. The van der Waals surface area contributed by atoms with Gasteiger partial charge in [0.25, 0.3) is 5.91 Å². The molecule has 4 nitrogen and oxygen atoms in total. The fourth-order valence-corrected chi connectivity index (χ4v) is 2.17. The Morgan fingerprint density at radius 3 is 2.37 bits per heavy atom. The van der Waals surface area contributed by atoms with Crippen LogP contribution in [0.1, 0.15) is 22.8 Å². The molecule has 0 saturated carbocycles. The summed E-state index contributed by atoms with van der Waals surface area (Å²) in [5, 5.41) is 5.26. The normalized spacial score (nSPS) is 10.6.